The molecular weight excluding hydrogens is 302 g/mol. The van der Waals surface area contributed by atoms with Crippen molar-refractivity contribution in [3.63, 3.8) is 0 Å². The second kappa shape index (κ2) is 7.99. The monoisotopic (exact) mass is 333 g/mol. The topological polar surface area (TPSA) is 67.6 Å². The number of likely N-dealkylation sites (tertiary alicyclic amines) is 1. The van der Waals surface area contributed by atoms with Crippen LogP contribution in [0.3, 0.4) is 0 Å². The van der Waals surface area contributed by atoms with Gasteiger partial charge in [0.15, 0.2) is 0 Å². The molecule has 1 aliphatic rings. The largest absolute Gasteiger partial charge is 0.497 e. The molecule has 3 N–H and O–H groups in total. The van der Waals surface area contributed by atoms with Crippen LogP contribution in [0.15, 0.2) is 24.3 Å². The van der Waals surface area contributed by atoms with Crippen molar-refractivity contribution in [1.82, 2.24) is 10.2 Å². The molecule has 0 bridgehead atoms. The molecule has 1 unspecified atom stereocenters. The van der Waals surface area contributed by atoms with Crippen molar-refractivity contribution in [3.05, 3.63) is 29.8 Å². The lowest BCUT2D eigenvalue weighted by Gasteiger charge is -2.30. The molecule has 0 saturated carbocycles. The van der Waals surface area contributed by atoms with E-state index in [2.05, 4.69) is 22.3 Å². The maximum Gasteiger partial charge on any atom is 0.237 e. The van der Waals surface area contributed by atoms with Crippen molar-refractivity contribution >= 4 is 5.91 Å². The number of carbonyl (C=O) groups is 1. The van der Waals surface area contributed by atoms with Crippen LogP contribution in [-0.2, 0) is 4.79 Å². The van der Waals surface area contributed by atoms with Crippen molar-refractivity contribution in [2.75, 3.05) is 26.7 Å². The molecule has 1 amide bonds. The fourth-order valence-electron chi connectivity index (χ4n) is 3.06. The van der Waals surface area contributed by atoms with E-state index in [1.54, 1.807) is 7.11 Å². The summed E-state index contributed by atoms with van der Waals surface area (Å²) in [5, 5.41) is 3.06. The van der Waals surface area contributed by atoms with Gasteiger partial charge in [0, 0.05) is 6.54 Å². The summed E-state index contributed by atoms with van der Waals surface area (Å²) in [4.78, 5) is 14.8. The van der Waals surface area contributed by atoms with Crippen LogP contribution in [0.1, 0.15) is 45.2 Å². The van der Waals surface area contributed by atoms with Crippen molar-refractivity contribution in [2.24, 2.45) is 11.1 Å². The van der Waals surface area contributed by atoms with Crippen molar-refractivity contribution < 1.29 is 9.53 Å². The number of amides is 1. The van der Waals surface area contributed by atoms with Crippen LogP contribution in [0.5, 0.6) is 5.75 Å². The Hall–Kier alpha value is -1.59. The van der Waals surface area contributed by atoms with Crippen molar-refractivity contribution in [2.45, 2.75) is 45.7 Å². The first kappa shape index (κ1) is 18.7. The molecule has 1 aromatic carbocycles. The predicted octanol–water partition coefficient (Wildman–Crippen LogP) is 2.32. The van der Waals surface area contributed by atoms with Gasteiger partial charge in [-0.1, -0.05) is 32.9 Å². The molecule has 5 nitrogen and oxygen atoms in total. The third kappa shape index (κ3) is 4.71. The lowest BCUT2D eigenvalue weighted by molar-refractivity contribution is -0.124. The minimum absolute atomic E-state index is 0.0883. The summed E-state index contributed by atoms with van der Waals surface area (Å²) in [7, 11) is 1.67. The van der Waals surface area contributed by atoms with Crippen LogP contribution in [0.25, 0.3) is 0 Å². The number of rotatable bonds is 6. The molecule has 0 radical (unpaired) electrons. The SMILES string of the molecule is COc1cccc(C(CNC(=O)[C@@H](N)C(C)(C)C)N2CCCC2)c1. The number of nitrogens with one attached hydrogen (secondary N) is 1. The molecule has 1 aliphatic heterocycles. The molecule has 24 heavy (non-hydrogen) atoms. The van der Waals surface area contributed by atoms with Gasteiger partial charge < -0.3 is 15.8 Å². The number of hydrogen-bond acceptors (Lipinski definition) is 4. The van der Waals surface area contributed by atoms with E-state index < -0.39 is 6.04 Å². The van der Waals surface area contributed by atoms with Gasteiger partial charge in [0.1, 0.15) is 5.75 Å². The highest BCUT2D eigenvalue weighted by Gasteiger charge is 2.29. The van der Waals surface area contributed by atoms with E-state index in [0.29, 0.717) is 6.54 Å². The molecule has 0 spiro atoms. The number of methoxy groups -OCH3 is 1. The number of ether oxygens (including phenoxy) is 1. The average molecular weight is 333 g/mol. The van der Waals surface area contributed by atoms with Gasteiger partial charge in [-0.25, -0.2) is 0 Å². The van der Waals surface area contributed by atoms with Gasteiger partial charge >= 0.3 is 0 Å². The van der Waals surface area contributed by atoms with Gasteiger partial charge in [0.25, 0.3) is 0 Å². The average Bonchev–Trinajstić information content (AvgIpc) is 3.07. The van der Waals surface area contributed by atoms with Crippen LogP contribution in [0.4, 0.5) is 0 Å². The fraction of sp³-hybridized carbons (Fsp3) is 0.632. The molecule has 2 atom stereocenters. The maximum absolute atomic E-state index is 12.4. The van der Waals surface area contributed by atoms with E-state index in [0.717, 1.165) is 18.8 Å². The Morgan fingerprint density at radius 1 is 1.33 bits per heavy atom. The molecule has 0 aromatic heterocycles. The molecule has 5 heteroatoms. The molecule has 134 valence electrons. The Balaban J connectivity index is 2.11. The summed E-state index contributed by atoms with van der Waals surface area (Å²) in [5.74, 6) is 0.754. The first-order chi connectivity index (χ1) is 11.3. The number of nitrogens with two attached hydrogens (primary N) is 1. The molecule has 1 heterocycles. The quantitative estimate of drug-likeness (QED) is 0.838. The van der Waals surface area contributed by atoms with Gasteiger partial charge in [-0.15, -0.1) is 0 Å². The Morgan fingerprint density at radius 3 is 2.58 bits per heavy atom. The van der Waals surface area contributed by atoms with E-state index >= 15 is 0 Å². The Morgan fingerprint density at radius 2 is 2.00 bits per heavy atom. The number of benzene rings is 1. The van der Waals surface area contributed by atoms with E-state index in [1.165, 1.54) is 18.4 Å². The summed E-state index contributed by atoms with van der Waals surface area (Å²) in [6.07, 6.45) is 2.41. The van der Waals surface area contributed by atoms with Gasteiger partial charge in [-0.3, -0.25) is 9.69 Å². The first-order valence-corrected chi connectivity index (χ1v) is 8.74. The van der Waals surface area contributed by atoms with Crippen LogP contribution >= 0.6 is 0 Å². The number of carbonyl (C=O) groups excluding carboxylic acids is 1. The smallest absolute Gasteiger partial charge is 0.237 e. The molecule has 1 aromatic rings. The Bertz CT molecular complexity index is 548. The lowest BCUT2D eigenvalue weighted by atomic mass is 9.87. The summed E-state index contributed by atoms with van der Waals surface area (Å²) < 4.78 is 5.35. The summed E-state index contributed by atoms with van der Waals surface area (Å²) in [5.41, 5.74) is 6.99. The van der Waals surface area contributed by atoms with Gasteiger partial charge in [0.2, 0.25) is 5.91 Å². The molecule has 0 aliphatic carbocycles. The van der Waals surface area contributed by atoms with Crippen LogP contribution in [-0.4, -0.2) is 43.6 Å². The Labute approximate surface area is 145 Å². The van der Waals surface area contributed by atoms with Crippen molar-refractivity contribution in [3.8, 4) is 5.75 Å². The van der Waals surface area contributed by atoms with Gasteiger partial charge in [-0.2, -0.15) is 0 Å². The summed E-state index contributed by atoms with van der Waals surface area (Å²) >= 11 is 0. The second-order valence-electron chi connectivity index (χ2n) is 7.62. The van der Waals surface area contributed by atoms with E-state index in [9.17, 15) is 4.79 Å². The van der Waals surface area contributed by atoms with E-state index in [1.807, 2.05) is 32.9 Å². The number of hydrogen-bond donors (Lipinski definition) is 2. The number of nitrogens with zero attached hydrogens (tertiary/aromatic N) is 1. The lowest BCUT2D eigenvalue weighted by Crippen LogP contribution is -2.50. The zero-order chi connectivity index (χ0) is 17.7. The molecular formula is C19H31N3O2. The maximum atomic E-state index is 12.4. The van der Waals surface area contributed by atoms with Crippen LogP contribution < -0.4 is 15.8 Å². The fourth-order valence-corrected chi connectivity index (χ4v) is 3.06. The second-order valence-corrected chi connectivity index (χ2v) is 7.62. The molecule has 1 fully saturated rings. The predicted molar refractivity (Wildman–Crippen MR) is 97.0 cm³/mol. The van der Waals surface area contributed by atoms with Crippen LogP contribution in [0, 0.1) is 5.41 Å². The molecule has 1 saturated heterocycles. The normalized spacial score (nSPS) is 18.2. The standard InChI is InChI=1S/C19H31N3O2/c1-19(2,3)17(20)18(23)21-13-16(22-10-5-6-11-22)14-8-7-9-15(12-14)24-4/h7-9,12,16-17H,5-6,10-11,13,20H2,1-4H3,(H,21,23)/t16?,17-/m1/s1. The first-order valence-electron chi connectivity index (χ1n) is 8.74. The summed E-state index contributed by atoms with van der Waals surface area (Å²) in [6, 6.07) is 7.74. The highest BCUT2D eigenvalue weighted by atomic mass is 16.5. The molecule has 2 rings (SSSR count). The third-order valence-corrected chi connectivity index (χ3v) is 4.75. The Kier molecular flexibility index (Phi) is 6.24. The highest BCUT2D eigenvalue weighted by Crippen LogP contribution is 2.27. The zero-order valence-corrected chi connectivity index (χ0v) is 15.3. The van der Waals surface area contributed by atoms with Gasteiger partial charge in [-0.05, 0) is 49.0 Å². The highest BCUT2D eigenvalue weighted by molar-refractivity contribution is 5.82. The third-order valence-electron chi connectivity index (χ3n) is 4.75. The van der Waals surface area contributed by atoms with E-state index in [4.69, 9.17) is 10.5 Å². The van der Waals surface area contributed by atoms with Crippen molar-refractivity contribution in [1.29, 1.82) is 0 Å². The van der Waals surface area contributed by atoms with E-state index in [-0.39, 0.29) is 17.4 Å². The van der Waals surface area contributed by atoms with Crippen LogP contribution in [0.2, 0.25) is 0 Å². The summed E-state index contributed by atoms with van der Waals surface area (Å²) in [6.45, 7) is 8.63. The zero-order valence-electron chi connectivity index (χ0n) is 15.3. The minimum atomic E-state index is -0.512. The van der Waals surface area contributed by atoms with Gasteiger partial charge in [0.05, 0.1) is 19.2 Å². The minimum Gasteiger partial charge on any atom is -0.497 e.